The van der Waals surface area contributed by atoms with Crippen molar-refractivity contribution in [3.05, 3.63) is 42.6 Å². The van der Waals surface area contributed by atoms with Gasteiger partial charge in [-0.2, -0.15) is 5.10 Å². The van der Waals surface area contributed by atoms with Crippen LogP contribution in [0.25, 0.3) is 22.4 Å². The highest BCUT2D eigenvalue weighted by atomic mass is 16.7. The summed E-state index contributed by atoms with van der Waals surface area (Å²) >= 11 is 0. The first-order chi connectivity index (χ1) is 19.6. The Labute approximate surface area is 240 Å². The van der Waals surface area contributed by atoms with E-state index in [4.69, 9.17) is 18.9 Å². The molecule has 1 aliphatic carbocycles. The number of aromatic nitrogens is 4. The minimum absolute atomic E-state index is 0.0571. The van der Waals surface area contributed by atoms with Crippen LogP contribution in [0.5, 0.6) is 11.6 Å². The van der Waals surface area contributed by atoms with E-state index in [1.54, 1.807) is 20.4 Å². The number of anilines is 1. The standard InChI is InChI=1S/C30H38N6O5/c1-29(2,3)41-28(37)36(30(4)12-13-30)22-11-14-35(18-22)26-10-9-24(32-33-26)23-8-7-20(15-25(23)40-19-38-5)21-16-27(39-6)34-31-17-21/h7-10,15-17,22H,11-14,18-19H2,1-6H3. The number of methoxy groups -OCH3 is 2. The van der Waals surface area contributed by atoms with Gasteiger partial charge in [-0.05, 0) is 76.8 Å². The molecule has 0 radical (unpaired) electrons. The second-order valence-electron chi connectivity index (χ2n) is 11.8. The van der Waals surface area contributed by atoms with Crippen LogP contribution >= 0.6 is 0 Å². The van der Waals surface area contributed by atoms with Gasteiger partial charge >= 0.3 is 6.09 Å². The SMILES string of the molecule is COCOc1cc(-c2cnnc(OC)c2)ccc1-c1ccc(N2CCC(N(C(=O)OC(C)(C)C)C3(C)CC3)C2)nn1. The van der Waals surface area contributed by atoms with Crippen LogP contribution in [-0.2, 0) is 9.47 Å². The van der Waals surface area contributed by atoms with Crippen LogP contribution in [0.15, 0.2) is 42.6 Å². The molecule has 3 aromatic rings. The predicted molar refractivity (Wildman–Crippen MR) is 154 cm³/mol. The molecule has 0 spiro atoms. The van der Waals surface area contributed by atoms with E-state index in [0.717, 1.165) is 48.3 Å². The third-order valence-corrected chi connectivity index (χ3v) is 7.41. The molecule has 11 heteroatoms. The first-order valence-corrected chi connectivity index (χ1v) is 13.8. The summed E-state index contributed by atoms with van der Waals surface area (Å²) < 4.78 is 22.1. The van der Waals surface area contributed by atoms with E-state index >= 15 is 0 Å². The van der Waals surface area contributed by atoms with Gasteiger partial charge < -0.3 is 23.8 Å². The summed E-state index contributed by atoms with van der Waals surface area (Å²) in [5, 5.41) is 17.1. The molecule has 2 aliphatic rings. The predicted octanol–water partition coefficient (Wildman–Crippen LogP) is 4.96. The zero-order chi connectivity index (χ0) is 29.2. The van der Waals surface area contributed by atoms with Crippen LogP contribution in [0.2, 0.25) is 0 Å². The van der Waals surface area contributed by atoms with Crippen molar-refractivity contribution < 1.29 is 23.7 Å². The Hall–Kier alpha value is -3.99. The molecule has 0 bridgehead atoms. The summed E-state index contributed by atoms with van der Waals surface area (Å²) in [4.78, 5) is 17.3. The van der Waals surface area contributed by atoms with Gasteiger partial charge in [0.25, 0.3) is 0 Å². The minimum Gasteiger partial charge on any atom is -0.480 e. The van der Waals surface area contributed by atoms with E-state index < -0.39 is 5.60 Å². The minimum atomic E-state index is -0.535. The van der Waals surface area contributed by atoms with Crippen LogP contribution in [0.3, 0.4) is 0 Å². The van der Waals surface area contributed by atoms with Crippen LogP contribution in [0.4, 0.5) is 10.6 Å². The Balaban J connectivity index is 1.34. The van der Waals surface area contributed by atoms with Crippen molar-refractivity contribution in [2.24, 2.45) is 0 Å². The van der Waals surface area contributed by atoms with E-state index in [-0.39, 0.29) is 24.5 Å². The fourth-order valence-corrected chi connectivity index (χ4v) is 5.10. The van der Waals surface area contributed by atoms with Crippen molar-refractivity contribution in [3.63, 3.8) is 0 Å². The summed E-state index contributed by atoms with van der Waals surface area (Å²) in [6, 6.07) is 11.6. The van der Waals surface area contributed by atoms with Crippen molar-refractivity contribution in [1.29, 1.82) is 0 Å². The smallest absolute Gasteiger partial charge is 0.411 e. The molecule has 1 saturated heterocycles. The van der Waals surface area contributed by atoms with E-state index in [1.807, 2.05) is 62.1 Å². The van der Waals surface area contributed by atoms with Crippen molar-refractivity contribution in [2.75, 3.05) is 39.0 Å². The highest BCUT2D eigenvalue weighted by molar-refractivity contribution is 5.75. The van der Waals surface area contributed by atoms with Gasteiger partial charge in [-0.1, -0.05) is 6.07 Å². The number of ether oxygens (including phenoxy) is 4. The molecule has 1 atom stereocenters. The molecule has 11 nitrogen and oxygen atoms in total. The third kappa shape index (κ3) is 6.51. The molecule has 1 saturated carbocycles. The fourth-order valence-electron chi connectivity index (χ4n) is 5.10. The lowest BCUT2D eigenvalue weighted by molar-refractivity contribution is 0.00539. The number of hydrogen-bond donors (Lipinski definition) is 0. The first-order valence-electron chi connectivity index (χ1n) is 13.8. The van der Waals surface area contributed by atoms with Gasteiger partial charge in [-0.25, -0.2) is 4.79 Å². The van der Waals surface area contributed by atoms with E-state index in [1.165, 1.54) is 0 Å². The monoisotopic (exact) mass is 562 g/mol. The zero-order valence-corrected chi connectivity index (χ0v) is 24.6. The Morgan fingerprint density at radius 3 is 2.54 bits per heavy atom. The van der Waals surface area contributed by atoms with Crippen molar-refractivity contribution in [1.82, 2.24) is 25.3 Å². The molecule has 2 aromatic heterocycles. The first kappa shape index (κ1) is 28.5. The number of carbonyl (C=O) groups is 1. The molecule has 1 unspecified atom stereocenters. The van der Waals surface area contributed by atoms with E-state index in [0.29, 0.717) is 23.9 Å². The second-order valence-corrected chi connectivity index (χ2v) is 11.8. The maximum absolute atomic E-state index is 13.2. The number of carbonyl (C=O) groups excluding carboxylic acids is 1. The van der Waals surface area contributed by atoms with Gasteiger partial charge in [0.15, 0.2) is 12.6 Å². The molecule has 41 heavy (non-hydrogen) atoms. The van der Waals surface area contributed by atoms with Gasteiger partial charge in [0.1, 0.15) is 11.4 Å². The Kier molecular flexibility index (Phi) is 7.99. The highest BCUT2D eigenvalue weighted by Gasteiger charge is 2.51. The van der Waals surface area contributed by atoms with Crippen LogP contribution in [0, 0.1) is 0 Å². The Bertz CT molecular complexity index is 1370. The van der Waals surface area contributed by atoms with Crippen molar-refractivity contribution in [2.45, 2.75) is 64.1 Å². The average Bonchev–Trinajstić information content (AvgIpc) is 3.50. The van der Waals surface area contributed by atoms with Crippen LogP contribution < -0.4 is 14.4 Å². The molecule has 2 fully saturated rings. The zero-order valence-electron chi connectivity index (χ0n) is 24.6. The molecular weight excluding hydrogens is 524 g/mol. The second kappa shape index (κ2) is 11.5. The molecule has 218 valence electrons. The normalized spacial score (nSPS) is 17.7. The molecular formula is C30H38N6O5. The largest absolute Gasteiger partial charge is 0.480 e. The topological polar surface area (TPSA) is 112 Å². The summed E-state index contributed by atoms with van der Waals surface area (Å²) in [5.41, 5.74) is 2.52. The lowest BCUT2D eigenvalue weighted by Gasteiger charge is -2.36. The quantitative estimate of drug-likeness (QED) is 0.332. The number of nitrogens with zero attached hydrogens (tertiary/aromatic N) is 6. The van der Waals surface area contributed by atoms with E-state index in [2.05, 4.69) is 32.2 Å². The van der Waals surface area contributed by atoms with Gasteiger partial charge in [-0.3, -0.25) is 4.90 Å². The molecule has 3 heterocycles. The molecule has 5 rings (SSSR count). The molecule has 1 aromatic carbocycles. The van der Waals surface area contributed by atoms with Gasteiger partial charge in [0, 0.05) is 42.9 Å². The molecule has 1 amide bonds. The number of benzene rings is 1. The maximum Gasteiger partial charge on any atom is 0.411 e. The summed E-state index contributed by atoms with van der Waals surface area (Å²) in [7, 11) is 3.13. The van der Waals surface area contributed by atoms with Crippen LogP contribution in [0.1, 0.15) is 47.0 Å². The molecule has 0 N–H and O–H groups in total. The summed E-state index contributed by atoms with van der Waals surface area (Å²) in [6.07, 6.45) is 4.27. The Morgan fingerprint density at radius 2 is 1.88 bits per heavy atom. The summed E-state index contributed by atoms with van der Waals surface area (Å²) in [6.45, 7) is 9.42. The number of hydrogen-bond acceptors (Lipinski definition) is 10. The van der Waals surface area contributed by atoms with Gasteiger partial charge in [-0.15, -0.1) is 15.3 Å². The maximum atomic E-state index is 13.2. The average molecular weight is 563 g/mol. The van der Waals surface area contributed by atoms with Crippen LogP contribution in [-0.4, -0.2) is 82.7 Å². The van der Waals surface area contributed by atoms with Gasteiger partial charge in [0.05, 0.1) is 25.0 Å². The molecule has 1 aliphatic heterocycles. The lowest BCUT2D eigenvalue weighted by atomic mass is 10.0. The number of amides is 1. The third-order valence-electron chi connectivity index (χ3n) is 7.41. The highest BCUT2D eigenvalue weighted by Crippen LogP contribution is 2.44. The summed E-state index contributed by atoms with van der Waals surface area (Å²) in [5.74, 6) is 1.80. The van der Waals surface area contributed by atoms with Crippen molar-refractivity contribution in [3.8, 4) is 34.0 Å². The number of rotatable bonds is 9. The van der Waals surface area contributed by atoms with E-state index in [9.17, 15) is 4.79 Å². The Morgan fingerprint density at radius 1 is 1.07 bits per heavy atom. The van der Waals surface area contributed by atoms with Gasteiger partial charge in [0.2, 0.25) is 5.88 Å². The fraction of sp³-hybridized carbons (Fsp3) is 0.500. The lowest BCUT2D eigenvalue weighted by Crippen LogP contribution is -2.50. The van der Waals surface area contributed by atoms with Crippen molar-refractivity contribution >= 4 is 11.9 Å².